The highest BCUT2D eigenvalue weighted by atomic mass is 16.2. The van der Waals surface area contributed by atoms with E-state index in [4.69, 9.17) is 0 Å². The zero-order valence-electron chi connectivity index (χ0n) is 15.7. The van der Waals surface area contributed by atoms with Gasteiger partial charge in [-0.3, -0.25) is 4.79 Å². The second-order valence-electron chi connectivity index (χ2n) is 7.18. The van der Waals surface area contributed by atoms with Gasteiger partial charge in [0.05, 0.1) is 0 Å². The summed E-state index contributed by atoms with van der Waals surface area (Å²) >= 11 is 0. The second kappa shape index (κ2) is 8.92. The van der Waals surface area contributed by atoms with Gasteiger partial charge in [-0.1, -0.05) is 19.3 Å². The van der Waals surface area contributed by atoms with Crippen molar-refractivity contribution in [2.24, 2.45) is 5.92 Å². The zero-order chi connectivity index (χ0) is 18.4. The summed E-state index contributed by atoms with van der Waals surface area (Å²) < 4.78 is 0. The maximum Gasteiger partial charge on any atom is 0.319 e. The van der Waals surface area contributed by atoms with Crippen LogP contribution in [0.25, 0.3) is 0 Å². The number of rotatable bonds is 4. The fraction of sp³-hybridized carbons (Fsp3) is 0.600. The number of anilines is 2. The summed E-state index contributed by atoms with van der Waals surface area (Å²) in [5, 5.41) is 5.53. The molecule has 1 heterocycles. The van der Waals surface area contributed by atoms with Gasteiger partial charge in [0.25, 0.3) is 0 Å². The summed E-state index contributed by atoms with van der Waals surface area (Å²) in [4.78, 5) is 28.6. The lowest BCUT2D eigenvalue weighted by molar-refractivity contribution is -0.136. The topological polar surface area (TPSA) is 64.7 Å². The molecule has 2 fully saturated rings. The first-order valence-corrected chi connectivity index (χ1v) is 9.86. The van der Waals surface area contributed by atoms with Gasteiger partial charge in [0.2, 0.25) is 5.91 Å². The Morgan fingerprint density at radius 3 is 2.27 bits per heavy atom. The number of nitrogens with zero attached hydrogens (tertiary/aromatic N) is 2. The van der Waals surface area contributed by atoms with Crippen molar-refractivity contribution in [2.45, 2.75) is 39.0 Å². The van der Waals surface area contributed by atoms with Gasteiger partial charge in [-0.05, 0) is 44.0 Å². The summed E-state index contributed by atoms with van der Waals surface area (Å²) in [6.45, 7) is 5.82. The Morgan fingerprint density at radius 1 is 1.00 bits per heavy atom. The lowest BCUT2D eigenvalue weighted by atomic mass is 9.88. The van der Waals surface area contributed by atoms with Crippen LogP contribution in [0.5, 0.6) is 0 Å². The highest BCUT2D eigenvalue weighted by Crippen LogP contribution is 2.26. The first-order chi connectivity index (χ1) is 12.7. The average molecular weight is 358 g/mol. The third-order valence-electron chi connectivity index (χ3n) is 5.37. The zero-order valence-corrected chi connectivity index (χ0v) is 15.7. The van der Waals surface area contributed by atoms with Crippen LogP contribution < -0.4 is 15.5 Å². The Labute approximate surface area is 155 Å². The summed E-state index contributed by atoms with van der Waals surface area (Å²) in [5.74, 6) is 0.626. The Hall–Kier alpha value is -2.24. The van der Waals surface area contributed by atoms with Crippen LogP contribution in [-0.4, -0.2) is 49.6 Å². The fourth-order valence-corrected chi connectivity index (χ4v) is 3.88. The quantitative estimate of drug-likeness (QED) is 0.869. The molecule has 6 nitrogen and oxygen atoms in total. The Bertz CT molecular complexity index is 603. The second-order valence-corrected chi connectivity index (χ2v) is 7.18. The van der Waals surface area contributed by atoms with Crippen LogP contribution >= 0.6 is 0 Å². The van der Waals surface area contributed by atoms with Crippen LogP contribution in [-0.2, 0) is 4.79 Å². The van der Waals surface area contributed by atoms with Gasteiger partial charge in [-0.25, -0.2) is 4.79 Å². The molecule has 0 radical (unpaired) electrons. The van der Waals surface area contributed by atoms with Crippen LogP contribution in [0, 0.1) is 5.92 Å². The molecule has 1 saturated heterocycles. The Kier molecular flexibility index (Phi) is 6.36. The van der Waals surface area contributed by atoms with Crippen LogP contribution in [0.1, 0.15) is 39.0 Å². The van der Waals surface area contributed by atoms with Crippen LogP contribution in [0.3, 0.4) is 0 Å². The van der Waals surface area contributed by atoms with Crippen molar-refractivity contribution in [1.82, 2.24) is 10.2 Å². The average Bonchev–Trinajstić information content (AvgIpc) is 2.69. The normalized spacial score (nSPS) is 18.5. The summed E-state index contributed by atoms with van der Waals surface area (Å²) in [5.41, 5.74) is 1.92. The molecule has 3 amide bonds. The van der Waals surface area contributed by atoms with E-state index in [9.17, 15) is 9.59 Å². The number of urea groups is 1. The fourth-order valence-electron chi connectivity index (χ4n) is 3.88. The largest absolute Gasteiger partial charge is 0.368 e. The third-order valence-corrected chi connectivity index (χ3v) is 5.37. The molecule has 26 heavy (non-hydrogen) atoms. The molecule has 1 saturated carbocycles. The van der Waals surface area contributed by atoms with Gasteiger partial charge in [0.1, 0.15) is 0 Å². The predicted molar refractivity (Wildman–Crippen MR) is 105 cm³/mol. The maximum atomic E-state index is 12.7. The number of benzene rings is 1. The van der Waals surface area contributed by atoms with Crippen molar-refractivity contribution in [3.8, 4) is 0 Å². The van der Waals surface area contributed by atoms with Crippen molar-refractivity contribution in [2.75, 3.05) is 42.9 Å². The number of hydrogen-bond acceptors (Lipinski definition) is 3. The molecule has 2 N–H and O–H groups in total. The highest BCUT2D eigenvalue weighted by Gasteiger charge is 2.28. The molecule has 1 aromatic carbocycles. The minimum absolute atomic E-state index is 0.185. The molecule has 0 unspecified atom stereocenters. The first-order valence-electron chi connectivity index (χ1n) is 9.86. The number of carbonyl (C=O) groups is 2. The number of piperazine rings is 1. The number of carbonyl (C=O) groups excluding carboxylic acids is 2. The summed E-state index contributed by atoms with van der Waals surface area (Å²) in [7, 11) is 0. The van der Waals surface area contributed by atoms with Gasteiger partial charge in [0, 0.05) is 50.0 Å². The van der Waals surface area contributed by atoms with E-state index in [1.165, 1.54) is 19.3 Å². The predicted octanol–water partition coefficient (Wildman–Crippen LogP) is 3.06. The molecular weight excluding hydrogens is 328 g/mol. The molecular formula is C20H30N4O2. The molecule has 0 aromatic heterocycles. The third kappa shape index (κ3) is 4.68. The first kappa shape index (κ1) is 18.5. The summed E-state index contributed by atoms with van der Waals surface area (Å²) in [6.07, 6.45) is 5.82. The number of hydrogen-bond donors (Lipinski definition) is 2. The van der Waals surface area contributed by atoms with Crippen molar-refractivity contribution >= 4 is 23.3 Å². The van der Waals surface area contributed by atoms with Gasteiger partial charge in [0.15, 0.2) is 0 Å². The van der Waals surface area contributed by atoms with Crippen LogP contribution in [0.4, 0.5) is 16.2 Å². The minimum atomic E-state index is -0.185. The Balaban J connectivity index is 1.49. The monoisotopic (exact) mass is 358 g/mol. The SMILES string of the molecule is CCNC(=O)Nc1ccc(N2CCN(C(=O)C3CCCCC3)CC2)cc1. The molecule has 1 aliphatic heterocycles. The number of amides is 3. The van der Waals surface area contributed by atoms with Gasteiger partial charge >= 0.3 is 6.03 Å². The molecule has 1 aliphatic carbocycles. The van der Waals surface area contributed by atoms with E-state index in [0.29, 0.717) is 12.5 Å². The van der Waals surface area contributed by atoms with Crippen molar-refractivity contribution < 1.29 is 9.59 Å². The molecule has 3 rings (SSSR count). The summed E-state index contributed by atoms with van der Waals surface area (Å²) in [6, 6.07) is 7.71. The van der Waals surface area contributed by atoms with Crippen molar-refractivity contribution in [3.05, 3.63) is 24.3 Å². The highest BCUT2D eigenvalue weighted by molar-refractivity contribution is 5.89. The minimum Gasteiger partial charge on any atom is -0.368 e. The van der Waals surface area contributed by atoms with Crippen LogP contribution in [0.15, 0.2) is 24.3 Å². The van der Waals surface area contributed by atoms with Crippen molar-refractivity contribution in [3.63, 3.8) is 0 Å². The molecule has 1 aromatic rings. The van der Waals surface area contributed by atoms with E-state index in [-0.39, 0.29) is 11.9 Å². The molecule has 142 valence electrons. The van der Waals surface area contributed by atoms with E-state index < -0.39 is 0 Å². The molecule has 0 spiro atoms. The maximum absolute atomic E-state index is 12.7. The van der Waals surface area contributed by atoms with E-state index in [1.807, 2.05) is 31.2 Å². The molecule has 6 heteroatoms. The molecule has 2 aliphatic rings. The van der Waals surface area contributed by atoms with Gasteiger partial charge in [-0.15, -0.1) is 0 Å². The van der Waals surface area contributed by atoms with E-state index >= 15 is 0 Å². The smallest absolute Gasteiger partial charge is 0.319 e. The van der Waals surface area contributed by atoms with Gasteiger partial charge < -0.3 is 20.4 Å². The standard InChI is InChI=1S/C20H30N4O2/c1-2-21-20(26)22-17-8-10-18(11-9-17)23-12-14-24(15-13-23)19(25)16-6-4-3-5-7-16/h8-11,16H,2-7,12-15H2,1H3,(H2,21,22,26). The van der Waals surface area contributed by atoms with Crippen LogP contribution in [0.2, 0.25) is 0 Å². The van der Waals surface area contributed by atoms with Gasteiger partial charge in [-0.2, -0.15) is 0 Å². The Morgan fingerprint density at radius 2 is 1.65 bits per heavy atom. The lowest BCUT2D eigenvalue weighted by Crippen LogP contribution is -2.50. The van der Waals surface area contributed by atoms with E-state index in [1.54, 1.807) is 0 Å². The van der Waals surface area contributed by atoms with E-state index in [2.05, 4.69) is 20.4 Å². The van der Waals surface area contributed by atoms with Crippen molar-refractivity contribution in [1.29, 1.82) is 0 Å². The lowest BCUT2D eigenvalue weighted by Gasteiger charge is -2.38. The van der Waals surface area contributed by atoms with E-state index in [0.717, 1.165) is 50.4 Å². The number of nitrogens with one attached hydrogen (secondary N) is 2. The molecule has 0 atom stereocenters. The molecule has 0 bridgehead atoms.